The van der Waals surface area contributed by atoms with Crippen LogP contribution in [0.3, 0.4) is 0 Å². The summed E-state index contributed by atoms with van der Waals surface area (Å²) in [7, 11) is 0. The van der Waals surface area contributed by atoms with Gasteiger partial charge in [-0.05, 0) is 24.6 Å². The second kappa shape index (κ2) is 6.17. The predicted molar refractivity (Wildman–Crippen MR) is 84.4 cm³/mol. The van der Waals surface area contributed by atoms with Crippen LogP contribution in [-0.4, -0.2) is 27.1 Å². The minimum Gasteiger partial charge on any atom is -0.271 e. The van der Waals surface area contributed by atoms with Crippen molar-refractivity contribution in [3.8, 4) is 0 Å². The molecule has 1 amide bonds. The molecule has 1 heterocycles. The van der Waals surface area contributed by atoms with Crippen molar-refractivity contribution in [3.63, 3.8) is 0 Å². The van der Waals surface area contributed by atoms with Crippen molar-refractivity contribution in [3.05, 3.63) is 59.7 Å². The average molecular weight is 293 g/mol. The van der Waals surface area contributed by atoms with E-state index in [1.54, 1.807) is 6.21 Å². The van der Waals surface area contributed by atoms with Gasteiger partial charge in [0.25, 0.3) is 5.91 Å². The Morgan fingerprint density at radius 1 is 1.14 bits per heavy atom. The molecule has 0 aliphatic carbocycles. The van der Waals surface area contributed by atoms with Crippen molar-refractivity contribution in [1.29, 1.82) is 0 Å². The molecule has 0 atom stereocenters. The number of hydrogen-bond donors (Lipinski definition) is 1. The first kappa shape index (κ1) is 13.9. The molecule has 0 radical (unpaired) electrons. The van der Waals surface area contributed by atoms with E-state index >= 15 is 0 Å². The third-order valence-corrected chi connectivity index (χ3v) is 3.09. The Bertz CT molecular complexity index is 787. The van der Waals surface area contributed by atoms with Crippen LogP contribution in [0.25, 0.3) is 11.0 Å². The molecule has 1 aromatic heterocycles. The van der Waals surface area contributed by atoms with Crippen LogP contribution in [0.5, 0.6) is 0 Å². The van der Waals surface area contributed by atoms with Gasteiger partial charge < -0.3 is 0 Å². The molecular weight excluding hydrogens is 278 g/mol. The minimum atomic E-state index is -0.274. The van der Waals surface area contributed by atoms with E-state index in [9.17, 15) is 4.79 Å². The van der Waals surface area contributed by atoms with E-state index in [1.807, 2.05) is 55.5 Å². The van der Waals surface area contributed by atoms with Crippen LogP contribution in [-0.2, 0) is 11.3 Å². The fourth-order valence-corrected chi connectivity index (χ4v) is 1.97. The number of hydrogen-bond acceptors (Lipinski definition) is 4. The van der Waals surface area contributed by atoms with E-state index in [4.69, 9.17) is 0 Å². The van der Waals surface area contributed by atoms with Crippen LogP contribution in [0.2, 0.25) is 0 Å². The van der Waals surface area contributed by atoms with Gasteiger partial charge in [-0.3, -0.25) is 4.79 Å². The number of fused-ring (bicyclic) bond motifs is 1. The van der Waals surface area contributed by atoms with Gasteiger partial charge >= 0.3 is 0 Å². The van der Waals surface area contributed by atoms with Gasteiger partial charge in [0.2, 0.25) is 0 Å². The van der Waals surface area contributed by atoms with Crippen molar-refractivity contribution < 1.29 is 4.79 Å². The number of aromatic nitrogens is 3. The summed E-state index contributed by atoms with van der Waals surface area (Å²) >= 11 is 0. The zero-order chi connectivity index (χ0) is 15.4. The summed E-state index contributed by atoms with van der Waals surface area (Å²) in [6, 6.07) is 15.3. The Morgan fingerprint density at radius 3 is 2.41 bits per heavy atom. The third-order valence-electron chi connectivity index (χ3n) is 3.09. The predicted octanol–water partition coefficient (Wildman–Crippen LogP) is 1.89. The molecule has 3 rings (SSSR count). The number of nitrogens with one attached hydrogen (secondary N) is 1. The maximum Gasteiger partial charge on any atom is 0.263 e. The van der Waals surface area contributed by atoms with E-state index < -0.39 is 0 Å². The average Bonchev–Trinajstić information content (AvgIpc) is 2.91. The first-order valence-corrected chi connectivity index (χ1v) is 6.89. The van der Waals surface area contributed by atoms with Crippen LogP contribution in [0.15, 0.2) is 53.6 Å². The quantitative estimate of drug-likeness (QED) is 0.590. The summed E-state index contributed by atoms with van der Waals surface area (Å²) in [5.41, 5.74) is 6.10. The van der Waals surface area contributed by atoms with Crippen LogP contribution >= 0.6 is 0 Å². The second-order valence-corrected chi connectivity index (χ2v) is 4.92. The van der Waals surface area contributed by atoms with Crippen LogP contribution in [0, 0.1) is 6.92 Å². The van der Waals surface area contributed by atoms with Gasteiger partial charge in [0.05, 0.1) is 6.21 Å². The van der Waals surface area contributed by atoms with E-state index in [-0.39, 0.29) is 12.5 Å². The SMILES string of the molecule is Cc1ccc(/C=N\NC(=O)Cn2nc3ccccc3n2)cc1. The number of aryl methyl sites for hydroxylation is 1. The third kappa shape index (κ3) is 3.35. The molecule has 1 N–H and O–H groups in total. The summed E-state index contributed by atoms with van der Waals surface area (Å²) in [5.74, 6) is -0.274. The Hall–Kier alpha value is -3.02. The fraction of sp³-hybridized carbons (Fsp3) is 0.125. The maximum absolute atomic E-state index is 11.8. The molecule has 0 fully saturated rings. The van der Waals surface area contributed by atoms with Crippen molar-refractivity contribution >= 4 is 23.2 Å². The van der Waals surface area contributed by atoms with Gasteiger partial charge in [-0.2, -0.15) is 20.1 Å². The number of carbonyl (C=O) groups is 1. The zero-order valence-electron chi connectivity index (χ0n) is 12.1. The summed E-state index contributed by atoms with van der Waals surface area (Å²) < 4.78 is 0. The van der Waals surface area contributed by atoms with Gasteiger partial charge in [0.15, 0.2) is 0 Å². The molecule has 6 heteroatoms. The molecule has 0 aliphatic rings. The van der Waals surface area contributed by atoms with Gasteiger partial charge in [-0.25, -0.2) is 5.43 Å². The van der Waals surface area contributed by atoms with E-state index in [0.717, 1.165) is 16.6 Å². The van der Waals surface area contributed by atoms with Gasteiger partial charge in [0.1, 0.15) is 17.6 Å². The topological polar surface area (TPSA) is 72.2 Å². The van der Waals surface area contributed by atoms with Crippen molar-refractivity contribution in [2.24, 2.45) is 5.10 Å². The van der Waals surface area contributed by atoms with Crippen molar-refractivity contribution in [2.45, 2.75) is 13.5 Å². The normalized spacial score (nSPS) is 11.1. The second-order valence-electron chi connectivity index (χ2n) is 4.92. The van der Waals surface area contributed by atoms with Gasteiger partial charge in [0, 0.05) is 0 Å². The number of rotatable bonds is 4. The molecule has 0 saturated heterocycles. The summed E-state index contributed by atoms with van der Waals surface area (Å²) in [6.45, 7) is 2.05. The Labute approximate surface area is 127 Å². The highest BCUT2D eigenvalue weighted by atomic mass is 16.2. The van der Waals surface area contributed by atoms with Crippen LogP contribution in [0.1, 0.15) is 11.1 Å². The van der Waals surface area contributed by atoms with Crippen molar-refractivity contribution in [1.82, 2.24) is 20.4 Å². The Kier molecular flexibility index (Phi) is 3.91. The zero-order valence-corrected chi connectivity index (χ0v) is 12.1. The van der Waals surface area contributed by atoms with Gasteiger partial charge in [-0.15, -0.1) is 0 Å². The highest BCUT2D eigenvalue weighted by Gasteiger charge is 2.05. The number of benzene rings is 2. The summed E-state index contributed by atoms with van der Waals surface area (Å²) in [5, 5.41) is 12.4. The van der Waals surface area contributed by atoms with E-state index in [2.05, 4.69) is 20.7 Å². The first-order chi connectivity index (χ1) is 10.7. The lowest BCUT2D eigenvalue weighted by molar-refractivity contribution is -0.122. The Balaban J connectivity index is 1.59. The lowest BCUT2D eigenvalue weighted by atomic mass is 10.2. The molecular formula is C16H15N5O. The van der Waals surface area contributed by atoms with Gasteiger partial charge in [-0.1, -0.05) is 42.0 Å². The molecule has 2 aromatic carbocycles. The van der Waals surface area contributed by atoms with E-state index in [1.165, 1.54) is 10.4 Å². The molecule has 0 unspecified atom stereocenters. The lowest BCUT2D eigenvalue weighted by Gasteiger charge is -1.99. The lowest BCUT2D eigenvalue weighted by Crippen LogP contribution is -2.24. The van der Waals surface area contributed by atoms with E-state index in [0.29, 0.717) is 0 Å². The highest BCUT2D eigenvalue weighted by molar-refractivity contribution is 5.82. The Morgan fingerprint density at radius 2 is 1.77 bits per heavy atom. The summed E-state index contributed by atoms with van der Waals surface area (Å²) in [6.07, 6.45) is 1.60. The number of hydrazone groups is 1. The molecule has 6 nitrogen and oxygen atoms in total. The summed E-state index contributed by atoms with van der Waals surface area (Å²) in [4.78, 5) is 13.2. The molecule has 0 bridgehead atoms. The number of nitrogens with zero attached hydrogens (tertiary/aromatic N) is 4. The molecule has 0 aliphatic heterocycles. The molecule has 110 valence electrons. The highest BCUT2D eigenvalue weighted by Crippen LogP contribution is 2.06. The number of carbonyl (C=O) groups excluding carboxylic acids is 1. The standard InChI is InChI=1S/C16H15N5O/c1-12-6-8-13(9-7-12)10-17-18-16(22)11-21-19-14-4-2-3-5-15(14)20-21/h2-10H,11H2,1H3,(H,18,22)/b17-10-. The molecule has 0 saturated carbocycles. The maximum atomic E-state index is 11.8. The van der Waals surface area contributed by atoms with Crippen molar-refractivity contribution in [2.75, 3.05) is 0 Å². The van der Waals surface area contributed by atoms with Crippen LogP contribution < -0.4 is 5.43 Å². The largest absolute Gasteiger partial charge is 0.271 e. The molecule has 22 heavy (non-hydrogen) atoms. The number of amides is 1. The smallest absolute Gasteiger partial charge is 0.263 e. The molecule has 3 aromatic rings. The first-order valence-electron chi connectivity index (χ1n) is 6.89. The minimum absolute atomic E-state index is 0.0277. The fourth-order valence-electron chi connectivity index (χ4n) is 1.97. The molecule has 0 spiro atoms. The monoisotopic (exact) mass is 293 g/mol. The van der Waals surface area contributed by atoms with Crippen LogP contribution in [0.4, 0.5) is 0 Å².